The maximum absolute atomic E-state index is 11.0. The summed E-state index contributed by atoms with van der Waals surface area (Å²) >= 11 is 4.76. The molecule has 0 unspecified atom stereocenters. The van der Waals surface area contributed by atoms with Crippen LogP contribution in [0, 0.1) is 13.8 Å². The summed E-state index contributed by atoms with van der Waals surface area (Å²) in [7, 11) is 0. The smallest absolute Gasteiger partial charge is 0.221 e. The normalized spacial score (nSPS) is 9.69. The Balaban J connectivity index is 3.06. The lowest BCUT2D eigenvalue weighted by Crippen LogP contribution is -2.19. The molecule has 0 aliphatic carbocycles. The van der Waals surface area contributed by atoms with Gasteiger partial charge in [-0.1, -0.05) is 0 Å². The van der Waals surface area contributed by atoms with Gasteiger partial charge in [-0.15, -0.1) is 0 Å². The van der Waals surface area contributed by atoms with Gasteiger partial charge in [-0.05, 0) is 49.3 Å². The average Bonchev–Trinajstić information content (AvgIpc) is 2.10. The van der Waals surface area contributed by atoms with E-state index in [9.17, 15) is 4.79 Å². The molecule has 0 saturated heterocycles. The van der Waals surface area contributed by atoms with Crippen LogP contribution >= 0.6 is 12.2 Å². The van der Waals surface area contributed by atoms with E-state index >= 15 is 0 Å². The summed E-state index contributed by atoms with van der Waals surface area (Å²) in [4.78, 5) is 11.0. The third-order valence-electron chi connectivity index (χ3n) is 2.10. The van der Waals surface area contributed by atoms with Crippen LogP contribution in [0.15, 0.2) is 12.1 Å². The second-order valence-electron chi connectivity index (χ2n) is 3.66. The second kappa shape index (κ2) is 4.94. The van der Waals surface area contributed by atoms with Gasteiger partial charge in [0, 0.05) is 18.3 Å². The van der Waals surface area contributed by atoms with Crippen molar-refractivity contribution in [3.8, 4) is 0 Å². The summed E-state index contributed by atoms with van der Waals surface area (Å²) in [5, 5.41) is 5.88. The predicted molar refractivity (Wildman–Crippen MR) is 70.6 cm³/mol. The predicted octanol–water partition coefficient (Wildman–Crippen LogP) is 1.92. The van der Waals surface area contributed by atoms with Crippen molar-refractivity contribution < 1.29 is 4.79 Å². The number of hydrogen-bond donors (Lipinski definition) is 3. The minimum absolute atomic E-state index is 0.0822. The first-order chi connectivity index (χ1) is 7.40. The van der Waals surface area contributed by atoms with Crippen molar-refractivity contribution in [2.24, 2.45) is 5.73 Å². The van der Waals surface area contributed by atoms with Gasteiger partial charge < -0.3 is 16.4 Å². The summed E-state index contributed by atoms with van der Waals surface area (Å²) in [5.41, 5.74) is 8.99. The second-order valence-corrected chi connectivity index (χ2v) is 4.10. The van der Waals surface area contributed by atoms with E-state index in [1.165, 1.54) is 6.92 Å². The number of nitrogens with two attached hydrogens (primary N) is 1. The number of aryl methyl sites for hydroxylation is 2. The van der Waals surface area contributed by atoms with Crippen LogP contribution in [-0.2, 0) is 4.79 Å². The van der Waals surface area contributed by atoms with Gasteiger partial charge in [0.15, 0.2) is 5.11 Å². The van der Waals surface area contributed by atoms with Crippen molar-refractivity contribution in [2.45, 2.75) is 20.8 Å². The Morgan fingerprint density at radius 2 is 1.75 bits per heavy atom. The fourth-order valence-electron chi connectivity index (χ4n) is 1.55. The maximum atomic E-state index is 11.0. The molecule has 0 radical (unpaired) electrons. The zero-order valence-electron chi connectivity index (χ0n) is 9.55. The van der Waals surface area contributed by atoms with Crippen LogP contribution in [0.25, 0.3) is 0 Å². The molecular formula is C11H15N3OS. The first-order valence-electron chi connectivity index (χ1n) is 4.85. The number of anilines is 2. The van der Waals surface area contributed by atoms with Crippen LogP contribution in [0.4, 0.5) is 11.4 Å². The molecule has 1 rings (SSSR count). The standard InChI is InChI=1S/C11H15N3OS/c1-6-4-9(14-11(12)16)5-7(2)10(6)13-8(3)15/h4-5H,1-3H3,(H,13,15)(H3,12,14,16). The van der Waals surface area contributed by atoms with E-state index in [1.54, 1.807) is 0 Å². The van der Waals surface area contributed by atoms with Crippen LogP contribution in [0.5, 0.6) is 0 Å². The number of hydrogen-bond acceptors (Lipinski definition) is 2. The molecule has 0 aliphatic heterocycles. The van der Waals surface area contributed by atoms with Gasteiger partial charge in [-0.2, -0.15) is 0 Å². The lowest BCUT2D eigenvalue weighted by atomic mass is 10.1. The Hall–Kier alpha value is -1.62. The number of carbonyl (C=O) groups is 1. The van der Waals surface area contributed by atoms with Crippen LogP contribution in [0.2, 0.25) is 0 Å². The minimum Gasteiger partial charge on any atom is -0.376 e. The number of carbonyl (C=O) groups excluding carboxylic acids is 1. The molecule has 16 heavy (non-hydrogen) atoms. The van der Waals surface area contributed by atoms with Crippen LogP contribution in [-0.4, -0.2) is 11.0 Å². The molecule has 0 bridgehead atoms. The van der Waals surface area contributed by atoms with Gasteiger partial charge >= 0.3 is 0 Å². The SMILES string of the molecule is CC(=O)Nc1c(C)cc(NC(N)=S)cc1C. The fraction of sp³-hybridized carbons (Fsp3) is 0.273. The van der Waals surface area contributed by atoms with Gasteiger partial charge in [0.2, 0.25) is 5.91 Å². The lowest BCUT2D eigenvalue weighted by Gasteiger charge is -2.13. The van der Waals surface area contributed by atoms with Gasteiger partial charge in [0.05, 0.1) is 0 Å². The molecule has 0 atom stereocenters. The first kappa shape index (κ1) is 12.4. The zero-order chi connectivity index (χ0) is 12.3. The molecular weight excluding hydrogens is 222 g/mol. The molecule has 0 aliphatic rings. The van der Waals surface area contributed by atoms with Crippen LogP contribution in [0.3, 0.4) is 0 Å². The van der Waals surface area contributed by atoms with Gasteiger partial charge in [0.25, 0.3) is 0 Å². The highest BCUT2D eigenvalue weighted by molar-refractivity contribution is 7.80. The van der Waals surface area contributed by atoms with Gasteiger partial charge in [-0.25, -0.2) is 0 Å². The topological polar surface area (TPSA) is 67.2 Å². The Kier molecular flexibility index (Phi) is 3.84. The summed E-state index contributed by atoms with van der Waals surface area (Å²) in [6.45, 7) is 5.33. The zero-order valence-corrected chi connectivity index (χ0v) is 10.4. The monoisotopic (exact) mass is 237 g/mol. The number of nitrogens with one attached hydrogen (secondary N) is 2. The maximum Gasteiger partial charge on any atom is 0.221 e. The lowest BCUT2D eigenvalue weighted by molar-refractivity contribution is -0.114. The van der Waals surface area contributed by atoms with Gasteiger partial charge in [0.1, 0.15) is 0 Å². The molecule has 0 spiro atoms. The summed E-state index contributed by atoms with van der Waals surface area (Å²) in [6.07, 6.45) is 0. The molecule has 0 aromatic heterocycles. The minimum atomic E-state index is -0.0822. The molecule has 4 nitrogen and oxygen atoms in total. The first-order valence-corrected chi connectivity index (χ1v) is 5.26. The summed E-state index contributed by atoms with van der Waals surface area (Å²) in [6, 6.07) is 3.77. The summed E-state index contributed by atoms with van der Waals surface area (Å²) in [5.74, 6) is -0.0822. The highest BCUT2D eigenvalue weighted by Crippen LogP contribution is 2.24. The Morgan fingerprint density at radius 3 is 2.12 bits per heavy atom. The Labute approximate surface area is 100 Å². The van der Waals surface area contributed by atoms with Crippen molar-refractivity contribution in [2.75, 3.05) is 10.6 Å². The van der Waals surface area contributed by atoms with E-state index in [-0.39, 0.29) is 11.0 Å². The third-order valence-corrected chi connectivity index (χ3v) is 2.20. The van der Waals surface area contributed by atoms with Crippen molar-refractivity contribution >= 4 is 34.6 Å². The van der Waals surface area contributed by atoms with Gasteiger partial charge in [-0.3, -0.25) is 4.79 Å². The van der Waals surface area contributed by atoms with Crippen molar-refractivity contribution in [3.05, 3.63) is 23.3 Å². The van der Waals surface area contributed by atoms with Crippen LogP contribution < -0.4 is 16.4 Å². The number of amides is 1. The van der Waals surface area contributed by atoms with E-state index in [0.29, 0.717) is 0 Å². The van der Waals surface area contributed by atoms with E-state index < -0.39 is 0 Å². The van der Waals surface area contributed by atoms with E-state index in [1.807, 2.05) is 26.0 Å². The average molecular weight is 237 g/mol. The molecule has 1 aromatic carbocycles. The number of benzene rings is 1. The van der Waals surface area contributed by atoms with E-state index in [2.05, 4.69) is 10.6 Å². The van der Waals surface area contributed by atoms with E-state index in [4.69, 9.17) is 18.0 Å². The molecule has 0 heterocycles. The molecule has 5 heteroatoms. The van der Waals surface area contributed by atoms with Crippen molar-refractivity contribution in [1.29, 1.82) is 0 Å². The largest absolute Gasteiger partial charge is 0.376 e. The van der Waals surface area contributed by atoms with E-state index in [0.717, 1.165) is 22.5 Å². The quantitative estimate of drug-likeness (QED) is 0.687. The molecule has 1 amide bonds. The van der Waals surface area contributed by atoms with Crippen molar-refractivity contribution in [3.63, 3.8) is 0 Å². The highest BCUT2D eigenvalue weighted by atomic mass is 32.1. The highest BCUT2D eigenvalue weighted by Gasteiger charge is 2.06. The molecule has 0 saturated carbocycles. The molecule has 1 aromatic rings. The third kappa shape index (κ3) is 3.20. The fourth-order valence-corrected chi connectivity index (χ4v) is 1.67. The molecule has 0 fully saturated rings. The summed E-state index contributed by atoms with van der Waals surface area (Å²) < 4.78 is 0. The number of rotatable bonds is 2. The van der Waals surface area contributed by atoms with Crippen molar-refractivity contribution in [1.82, 2.24) is 0 Å². The molecule has 86 valence electrons. The number of thiocarbonyl (C=S) groups is 1. The Bertz CT molecular complexity index is 420. The van der Waals surface area contributed by atoms with Crippen LogP contribution in [0.1, 0.15) is 18.1 Å². The molecule has 4 N–H and O–H groups in total. The Morgan fingerprint density at radius 1 is 1.25 bits per heavy atom.